The molecule has 0 unspecified atom stereocenters. The summed E-state index contributed by atoms with van der Waals surface area (Å²) < 4.78 is 19.6. The Labute approximate surface area is 190 Å². The van der Waals surface area contributed by atoms with E-state index < -0.39 is 0 Å². The van der Waals surface area contributed by atoms with Crippen LogP contribution in [0, 0.1) is 12.7 Å². The number of hydrogen-bond acceptors (Lipinski definition) is 4. The molecular formula is C27H22FN3O2. The number of pyridine rings is 2. The highest BCUT2D eigenvalue weighted by atomic mass is 19.1. The number of halogens is 1. The zero-order chi connectivity index (χ0) is 22.8. The van der Waals surface area contributed by atoms with Gasteiger partial charge in [-0.1, -0.05) is 24.3 Å². The molecule has 0 amide bonds. The molecule has 5 rings (SSSR count). The number of rotatable bonds is 6. The summed E-state index contributed by atoms with van der Waals surface area (Å²) in [5, 5.41) is 1.73. The van der Waals surface area contributed by atoms with Gasteiger partial charge in [0.05, 0.1) is 11.4 Å². The lowest BCUT2D eigenvalue weighted by atomic mass is 10.0. The molecule has 5 nitrogen and oxygen atoms in total. The number of nitrogens with zero attached hydrogens (tertiary/aromatic N) is 2. The lowest BCUT2D eigenvalue weighted by Gasteiger charge is -2.08. The van der Waals surface area contributed by atoms with E-state index in [4.69, 9.17) is 4.74 Å². The molecule has 6 heteroatoms. The van der Waals surface area contributed by atoms with Crippen molar-refractivity contribution >= 4 is 27.8 Å². The number of benzene rings is 2. The molecule has 0 fully saturated rings. The van der Waals surface area contributed by atoms with Gasteiger partial charge in [-0.05, 0) is 67.8 Å². The van der Waals surface area contributed by atoms with E-state index in [0.29, 0.717) is 24.1 Å². The van der Waals surface area contributed by atoms with Gasteiger partial charge in [-0.3, -0.25) is 9.78 Å². The fraction of sp³-hybridized carbons (Fsp3) is 0.148. The molecule has 0 radical (unpaired) electrons. The molecule has 33 heavy (non-hydrogen) atoms. The summed E-state index contributed by atoms with van der Waals surface area (Å²) in [5.41, 5.74) is 4.95. The van der Waals surface area contributed by atoms with Crippen LogP contribution in [0.15, 0.2) is 72.9 Å². The molecule has 0 spiro atoms. The molecule has 0 saturated carbocycles. The second kappa shape index (κ2) is 8.82. The third-order valence-corrected chi connectivity index (χ3v) is 5.64. The minimum absolute atomic E-state index is 0.228. The van der Waals surface area contributed by atoms with Crippen LogP contribution in [0.1, 0.15) is 24.1 Å². The predicted octanol–water partition coefficient (Wildman–Crippen LogP) is 6.15. The number of aromatic nitrogens is 3. The number of H-pyrrole nitrogens is 1. The fourth-order valence-corrected chi connectivity index (χ4v) is 4.09. The molecule has 164 valence electrons. The van der Waals surface area contributed by atoms with Crippen LogP contribution in [-0.4, -0.2) is 20.9 Å². The highest BCUT2D eigenvalue weighted by Crippen LogP contribution is 2.31. The molecule has 0 aliphatic heterocycles. The largest absolute Gasteiger partial charge is 0.424 e. The Kier molecular flexibility index (Phi) is 5.57. The average molecular weight is 439 g/mol. The first-order valence-corrected chi connectivity index (χ1v) is 10.9. The first kappa shape index (κ1) is 20.8. The van der Waals surface area contributed by atoms with Gasteiger partial charge in [0.15, 0.2) is 5.75 Å². The number of carbonyl (C=O) groups excluding carboxylic acids is 1. The second-order valence-electron chi connectivity index (χ2n) is 7.99. The lowest BCUT2D eigenvalue weighted by molar-refractivity contribution is -0.134. The molecule has 5 aromatic rings. The molecule has 3 heterocycles. The van der Waals surface area contributed by atoms with Crippen LogP contribution in [0.3, 0.4) is 0 Å². The summed E-state index contributed by atoms with van der Waals surface area (Å²) in [4.78, 5) is 24.9. The van der Waals surface area contributed by atoms with Gasteiger partial charge >= 0.3 is 5.97 Å². The number of esters is 1. The van der Waals surface area contributed by atoms with Gasteiger partial charge in [-0.25, -0.2) is 9.37 Å². The topological polar surface area (TPSA) is 67.9 Å². The quantitative estimate of drug-likeness (QED) is 0.254. The summed E-state index contributed by atoms with van der Waals surface area (Å²) >= 11 is 0. The van der Waals surface area contributed by atoms with Crippen LogP contribution in [0.4, 0.5) is 4.39 Å². The van der Waals surface area contributed by atoms with Crippen LogP contribution >= 0.6 is 0 Å². The fourth-order valence-electron chi connectivity index (χ4n) is 4.09. The Morgan fingerprint density at radius 1 is 1.06 bits per heavy atom. The first-order chi connectivity index (χ1) is 16.1. The molecule has 0 saturated heterocycles. The summed E-state index contributed by atoms with van der Waals surface area (Å²) in [5.74, 6) is -0.158. The smallest absolute Gasteiger partial charge is 0.311 e. The summed E-state index contributed by atoms with van der Waals surface area (Å²) in [6.07, 6.45) is 3.09. The van der Waals surface area contributed by atoms with Crippen LogP contribution in [0.25, 0.3) is 33.2 Å². The van der Waals surface area contributed by atoms with E-state index in [1.165, 1.54) is 12.1 Å². The molecule has 3 aromatic heterocycles. The van der Waals surface area contributed by atoms with Gasteiger partial charge < -0.3 is 9.72 Å². The van der Waals surface area contributed by atoms with E-state index in [1.807, 2.05) is 49.4 Å². The van der Waals surface area contributed by atoms with Crippen molar-refractivity contribution in [1.82, 2.24) is 15.0 Å². The SMILES string of the molecule is Cc1ccc2cccc(OC(=O)CCCc3c(-c4ccccn4)[nH]c4ccc(F)cc34)c2n1. The highest BCUT2D eigenvalue weighted by Gasteiger charge is 2.16. The van der Waals surface area contributed by atoms with Crippen LogP contribution < -0.4 is 4.74 Å². The van der Waals surface area contributed by atoms with Gasteiger partial charge in [0.1, 0.15) is 11.3 Å². The predicted molar refractivity (Wildman–Crippen MR) is 127 cm³/mol. The number of aryl methyl sites for hydroxylation is 2. The molecule has 2 aromatic carbocycles. The van der Waals surface area contributed by atoms with Crippen molar-refractivity contribution in [2.75, 3.05) is 0 Å². The third kappa shape index (κ3) is 4.32. The van der Waals surface area contributed by atoms with Crippen LogP contribution in [-0.2, 0) is 11.2 Å². The monoisotopic (exact) mass is 439 g/mol. The number of nitrogens with one attached hydrogen (secondary N) is 1. The molecule has 0 bridgehead atoms. The highest BCUT2D eigenvalue weighted by molar-refractivity contribution is 5.90. The summed E-state index contributed by atoms with van der Waals surface area (Å²) in [6, 6.07) is 19.8. The molecule has 0 aliphatic rings. The van der Waals surface area contributed by atoms with Crippen molar-refractivity contribution in [3.63, 3.8) is 0 Å². The van der Waals surface area contributed by atoms with Crippen LogP contribution in [0.2, 0.25) is 0 Å². The summed E-state index contributed by atoms with van der Waals surface area (Å²) in [7, 11) is 0. The Hall–Kier alpha value is -4.06. The molecule has 1 N–H and O–H groups in total. The first-order valence-electron chi connectivity index (χ1n) is 10.9. The van der Waals surface area contributed by atoms with Crippen molar-refractivity contribution < 1.29 is 13.9 Å². The molecule has 0 aliphatic carbocycles. The molecular weight excluding hydrogens is 417 g/mol. The standard InChI is InChI=1S/C27H22FN3O2/c1-17-11-12-18-6-4-9-24(26(18)30-17)33-25(32)10-5-7-20-21-16-19(28)13-14-22(21)31-27(20)23-8-2-3-15-29-23/h2-4,6,8-9,11-16,31H,5,7,10H2,1H3. The number of aromatic amines is 1. The van der Waals surface area contributed by atoms with Gasteiger partial charge in [-0.2, -0.15) is 0 Å². The Balaban J connectivity index is 1.35. The normalized spacial score (nSPS) is 11.2. The maximum absolute atomic E-state index is 14.0. The number of para-hydroxylation sites is 1. The van der Waals surface area contributed by atoms with E-state index in [-0.39, 0.29) is 18.2 Å². The van der Waals surface area contributed by atoms with Crippen molar-refractivity contribution in [3.05, 3.63) is 90.0 Å². The van der Waals surface area contributed by atoms with Gasteiger partial charge in [0.2, 0.25) is 0 Å². The Morgan fingerprint density at radius 2 is 1.97 bits per heavy atom. The minimum Gasteiger partial charge on any atom is -0.424 e. The zero-order valence-corrected chi connectivity index (χ0v) is 18.1. The van der Waals surface area contributed by atoms with Crippen molar-refractivity contribution in [1.29, 1.82) is 0 Å². The molecule has 0 atom stereocenters. The van der Waals surface area contributed by atoms with Gasteiger partial charge in [0, 0.05) is 34.6 Å². The number of ether oxygens (including phenoxy) is 1. The Bertz CT molecular complexity index is 1460. The van der Waals surface area contributed by atoms with Crippen molar-refractivity contribution in [2.45, 2.75) is 26.2 Å². The van der Waals surface area contributed by atoms with Gasteiger partial charge in [-0.15, -0.1) is 0 Å². The van der Waals surface area contributed by atoms with Gasteiger partial charge in [0.25, 0.3) is 0 Å². The maximum Gasteiger partial charge on any atom is 0.311 e. The van der Waals surface area contributed by atoms with E-state index in [9.17, 15) is 9.18 Å². The maximum atomic E-state index is 14.0. The Morgan fingerprint density at radius 3 is 2.82 bits per heavy atom. The van der Waals surface area contributed by atoms with E-state index >= 15 is 0 Å². The third-order valence-electron chi connectivity index (χ3n) is 5.64. The van der Waals surface area contributed by atoms with E-state index in [0.717, 1.165) is 38.9 Å². The minimum atomic E-state index is -0.323. The average Bonchev–Trinajstić information content (AvgIpc) is 3.18. The van der Waals surface area contributed by atoms with Crippen LogP contribution in [0.5, 0.6) is 5.75 Å². The second-order valence-corrected chi connectivity index (χ2v) is 7.99. The summed E-state index contributed by atoms with van der Waals surface area (Å²) in [6.45, 7) is 1.90. The number of fused-ring (bicyclic) bond motifs is 2. The van der Waals surface area contributed by atoms with E-state index in [1.54, 1.807) is 18.3 Å². The van der Waals surface area contributed by atoms with E-state index in [2.05, 4.69) is 15.0 Å². The lowest BCUT2D eigenvalue weighted by Crippen LogP contribution is -2.09. The number of hydrogen-bond donors (Lipinski definition) is 1. The number of carbonyl (C=O) groups is 1. The van der Waals surface area contributed by atoms with Crippen molar-refractivity contribution in [3.8, 4) is 17.1 Å². The zero-order valence-electron chi connectivity index (χ0n) is 18.1. The van der Waals surface area contributed by atoms with Crippen molar-refractivity contribution in [2.24, 2.45) is 0 Å².